The van der Waals surface area contributed by atoms with Crippen molar-refractivity contribution in [1.29, 1.82) is 0 Å². The van der Waals surface area contributed by atoms with E-state index in [0.717, 1.165) is 11.1 Å². The van der Waals surface area contributed by atoms with Gasteiger partial charge in [-0.05, 0) is 23.3 Å². The average Bonchev–Trinajstić information content (AvgIpc) is 2.83. The largest absolute Gasteiger partial charge is 0.508 e. The van der Waals surface area contributed by atoms with Gasteiger partial charge < -0.3 is 5.11 Å². The molecule has 4 heteroatoms. The van der Waals surface area contributed by atoms with Crippen molar-refractivity contribution in [3.63, 3.8) is 0 Å². The van der Waals surface area contributed by atoms with Crippen LogP contribution in [0.3, 0.4) is 0 Å². The fraction of sp³-hybridized carbons (Fsp3) is 0.133. The van der Waals surface area contributed by atoms with Gasteiger partial charge in [0, 0.05) is 0 Å². The second kappa shape index (κ2) is 4.74. The first-order chi connectivity index (χ1) is 9.24. The van der Waals surface area contributed by atoms with Gasteiger partial charge in [0.05, 0.1) is 0 Å². The van der Waals surface area contributed by atoms with Crippen molar-refractivity contribution >= 4 is 5.91 Å². The zero-order valence-corrected chi connectivity index (χ0v) is 10.2. The summed E-state index contributed by atoms with van der Waals surface area (Å²) in [6, 6.07) is 15.8. The Bertz CT molecular complexity index is 581. The monoisotopic (exact) mass is 253 g/mol. The Labute approximate surface area is 111 Å². The Balaban J connectivity index is 1.82. The van der Waals surface area contributed by atoms with E-state index in [-0.39, 0.29) is 17.8 Å². The molecule has 95 valence electrons. The normalized spacial score (nSPS) is 22.2. The third-order valence-electron chi connectivity index (χ3n) is 3.17. The van der Waals surface area contributed by atoms with Gasteiger partial charge in [-0.2, -0.15) is 0 Å². The van der Waals surface area contributed by atoms with Crippen molar-refractivity contribution in [2.24, 2.45) is 0 Å². The van der Waals surface area contributed by atoms with Gasteiger partial charge in [0.15, 0.2) is 0 Å². The Kier molecular flexibility index (Phi) is 2.93. The van der Waals surface area contributed by atoms with Gasteiger partial charge in [0.25, 0.3) is 5.91 Å². The zero-order chi connectivity index (χ0) is 13.2. The van der Waals surface area contributed by atoms with E-state index in [4.69, 9.17) is 0 Å². The number of nitrogens with one attached hydrogen (secondary N) is 1. The summed E-state index contributed by atoms with van der Waals surface area (Å²) in [5.41, 5.74) is 1.78. The summed E-state index contributed by atoms with van der Waals surface area (Å²) in [5.74, 6) is 0.00490. The van der Waals surface area contributed by atoms with Crippen LogP contribution >= 0.6 is 0 Å². The van der Waals surface area contributed by atoms with Gasteiger partial charge in [-0.25, -0.2) is 5.32 Å². The van der Waals surface area contributed by atoms with Gasteiger partial charge in [-0.15, -0.1) is 0 Å². The molecule has 19 heavy (non-hydrogen) atoms. The van der Waals surface area contributed by atoms with Crippen LogP contribution in [0.1, 0.15) is 23.3 Å². The number of hydrogen-bond donors (Lipinski definition) is 2. The molecule has 2 unspecified atom stereocenters. The van der Waals surface area contributed by atoms with E-state index in [1.165, 1.54) is 0 Å². The molecule has 0 spiro atoms. The van der Waals surface area contributed by atoms with Crippen LogP contribution in [-0.4, -0.2) is 11.0 Å². The summed E-state index contributed by atoms with van der Waals surface area (Å²) in [6.45, 7) is 0. The highest BCUT2D eigenvalue weighted by Crippen LogP contribution is 2.26. The van der Waals surface area contributed by atoms with Crippen molar-refractivity contribution in [2.45, 2.75) is 12.2 Å². The molecule has 0 aromatic heterocycles. The number of carbonyl (C=O) groups excluding carboxylic acids is 1. The van der Waals surface area contributed by atoms with Crippen LogP contribution in [0.2, 0.25) is 0 Å². The molecule has 0 aliphatic carbocycles. The van der Waals surface area contributed by atoms with Crippen LogP contribution in [0.5, 0.6) is 5.75 Å². The first kappa shape index (κ1) is 11.7. The molecule has 1 heterocycles. The van der Waals surface area contributed by atoms with Gasteiger partial charge in [-0.3, -0.25) is 10.1 Å². The van der Waals surface area contributed by atoms with E-state index in [9.17, 15) is 9.90 Å². The Morgan fingerprint density at radius 2 is 1.63 bits per heavy atom. The lowest BCUT2D eigenvalue weighted by Crippen LogP contribution is -2.20. The molecule has 1 amide bonds. The first-order valence-corrected chi connectivity index (χ1v) is 6.08. The minimum atomic E-state index is -0.439. The molecule has 1 saturated heterocycles. The number of rotatable bonds is 2. The number of phenols is 1. The standard InChI is InChI=1S/C15H13N2O2/c18-12-8-6-10(7-9-12)13-15(19)17-14(16-13)11-4-2-1-3-5-11/h1-9,13-14,16,18H. The quantitative estimate of drug-likeness (QED) is 0.858. The highest BCUT2D eigenvalue weighted by Gasteiger charge is 2.34. The van der Waals surface area contributed by atoms with E-state index < -0.39 is 6.04 Å². The van der Waals surface area contributed by atoms with E-state index in [1.54, 1.807) is 24.3 Å². The van der Waals surface area contributed by atoms with Crippen molar-refractivity contribution in [1.82, 2.24) is 10.6 Å². The van der Waals surface area contributed by atoms with Crippen LogP contribution < -0.4 is 10.6 Å². The van der Waals surface area contributed by atoms with E-state index in [1.807, 2.05) is 30.3 Å². The molecule has 3 rings (SSSR count). The molecule has 2 atom stereocenters. The third kappa shape index (κ3) is 2.30. The summed E-state index contributed by atoms with van der Waals surface area (Å²) in [5, 5.41) is 16.6. The molecule has 0 bridgehead atoms. The minimum absolute atomic E-state index is 0.181. The molecule has 2 N–H and O–H groups in total. The van der Waals surface area contributed by atoms with E-state index in [0.29, 0.717) is 0 Å². The lowest BCUT2D eigenvalue weighted by Gasteiger charge is -2.11. The van der Waals surface area contributed by atoms with Crippen molar-refractivity contribution in [2.75, 3.05) is 0 Å². The van der Waals surface area contributed by atoms with Gasteiger partial charge in [0.2, 0.25) is 0 Å². The van der Waals surface area contributed by atoms with E-state index in [2.05, 4.69) is 10.6 Å². The van der Waals surface area contributed by atoms with Crippen LogP contribution in [0.25, 0.3) is 0 Å². The van der Waals surface area contributed by atoms with Gasteiger partial charge in [-0.1, -0.05) is 42.5 Å². The number of hydrogen-bond acceptors (Lipinski definition) is 3. The van der Waals surface area contributed by atoms with Crippen molar-refractivity contribution in [3.8, 4) is 5.75 Å². The van der Waals surface area contributed by atoms with Crippen molar-refractivity contribution < 1.29 is 9.90 Å². The number of amides is 1. The first-order valence-electron chi connectivity index (χ1n) is 6.08. The van der Waals surface area contributed by atoms with E-state index >= 15 is 0 Å². The number of nitrogens with zero attached hydrogens (tertiary/aromatic N) is 1. The van der Waals surface area contributed by atoms with Crippen LogP contribution in [0.15, 0.2) is 54.6 Å². The molecular weight excluding hydrogens is 240 g/mol. The maximum Gasteiger partial charge on any atom is 0.264 e. The predicted molar refractivity (Wildman–Crippen MR) is 70.3 cm³/mol. The number of phenolic OH excluding ortho intramolecular Hbond substituents is 1. The Hall–Kier alpha value is -2.33. The van der Waals surface area contributed by atoms with Crippen LogP contribution in [-0.2, 0) is 4.79 Å². The highest BCUT2D eigenvalue weighted by molar-refractivity contribution is 5.85. The topological polar surface area (TPSA) is 63.4 Å². The smallest absolute Gasteiger partial charge is 0.264 e. The van der Waals surface area contributed by atoms with Gasteiger partial charge in [0.1, 0.15) is 18.0 Å². The molecule has 1 fully saturated rings. The molecule has 1 aliphatic heterocycles. The molecule has 0 saturated carbocycles. The Morgan fingerprint density at radius 3 is 2.32 bits per heavy atom. The Morgan fingerprint density at radius 1 is 0.947 bits per heavy atom. The summed E-state index contributed by atoms with van der Waals surface area (Å²) in [6.07, 6.45) is -0.299. The predicted octanol–water partition coefficient (Wildman–Crippen LogP) is 1.87. The maximum absolute atomic E-state index is 12.0. The number of carbonyl (C=O) groups is 1. The summed E-state index contributed by atoms with van der Waals surface area (Å²) >= 11 is 0. The number of aromatic hydroxyl groups is 1. The summed E-state index contributed by atoms with van der Waals surface area (Å²) in [4.78, 5) is 12.0. The molecule has 2 aromatic carbocycles. The second-order valence-electron chi connectivity index (χ2n) is 4.47. The van der Waals surface area contributed by atoms with Gasteiger partial charge >= 0.3 is 0 Å². The van der Waals surface area contributed by atoms with Crippen LogP contribution in [0.4, 0.5) is 0 Å². The molecular formula is C15H13N2O2. The fourth-order valence-electron chi connectivity index (χ4n) is 2.18. The van der Waals surface area contributed by atoms with Crippen LogP contribution in [0, 0.1) is 0 Å². The molecule has 1 radical (unpaired) electrons. The zero-order valence-electron chi connectivity index (χ0n) is 10.2. The molecule has 1 aliphatic rings. The van der Waals surface area contributed by atoms with Crippen molar-refractivity contribution in [3.05, 3.63) is 65.7 Å². The second-order valence-corrected chi connectivity index (χ2v) is 4.47. The minimum Gasteiger partial charge on any atom is -0.508 e. The summed E-state index contributed by atoms with van der Waals surface area (Å²) < 4.78 is 0. The lowest BCUT2D eigenvalue weighted by molar-refractivity contribution is -0.121. The molecule has 4 nitrogen and oxygen atoms in total. The summed E-state index contributed by atoms with van der Waals surface area (Å²) in [7, 11) is 0. The highest BCUT2D eigenvalue weighted by atomic mass is 16.3. The third-order valence-corrected chi connectivity index (χ3v) is 3.17. The maximum atomic E-state index is 12.0. The molecule has 2 aromatic rings. The number of benzene rings is 2. The average molecular weight is 253 g/mol. The fourth-order valence-corrected chi connectivity index (χ4v) is 2.18. The SMILES string of the molecule is O=C1[N]C(c2ccccc2)NC1c1ccc(O)cc1. The lowest BCUT2D eigenvalue weighted by atomic mass is 10.1.